The molecule has 0 heterocycles. The first-order chi connectivity index (χ1) is 6.97. The van der Waals surface area contributed by atoms with Crippen molar-refractivity contribution in [1.82, 2.24) is 10.4 Å². The maximum atomic E-state index is 8.16. The summed E-state index contributed by atoms with van der Waals surface area (Å²) >= 11 is 0. The molecule has 0 aliphatic carbocycles. The standard InChI is InChI=1S/C4H11N11/c1-15(14-13-9)4(10-2(5)6)12-11-3(7)8/h1H3,(H4,7,8,11)(H4,5,6,10,12). The Balaban J connectivity index is 4.81. The first-order valence-corrected chi connectivity index (χ1v) is 3.53. The van der Waals surface area contributed by atoms with E-state index in [-0.39, 0.29) is 11.9 Å². The molecule has 0 fully saturated rings. The molecular formula is C4H11N11. The second-order valence-corrected chi connectivity index (χ2v) is 2.17. The average Bonchev–Trinajstić information content (AvgIpc) is 2.11. The number of hydrogen-bond donors (Lipinski definition) is 5. The fourth-order valence-electron chi connectivity index (χ4n) is 0.501. The van der Waals surface area contributed by atoms with Gasteiger partial charge in [-0.3, -0.25) is 5.41 Å². The van der Waals surface area contributed by atoms with E-state index in [9.17, 15) is 0 Å². The molecule has 0 amide bonds. The van der Waals surface area contributed by atoms with Crippen molar-refractivity contribution < 1.29 is 0 Å². The first-order valence-electron chi connectivity index (χ1n) is 3.53. The lowest BCUT2D eigenvalue weighted by molar-refractivity contribution is 0.511. The van der Waals surface area contributed by atoms with E-state index >= 15 is 0 Å². The first kappa shape index (κ1) is 12.3. The Morgan fingerprint density at radius 3 is 2.47 bits per heavy atom. The molecule has 0 saturated carbocycles. The SMILES string of the molecule is CN(N=[N+]=[N-])C(=NC(=N)N)NN=C(N)N. The summed E-state index contributed by atoms with van der Waals surface area (Å²) in [6.45, 7) is 0. The Morgan fingerprint density at radius 1 is 1.47 bits per heavy atom. The minimum absolute atomic E-state index is 0.0892. The van der Waals surface area contributed by atoms with E-state index in [0.717, 1.165) is 5.01 Å². The Labute approximate surface area is 84.7 Å². The van der Waals surface area contributed by atoms with Crippen LogP contribution in [0.15, 0.2) is 15.3 Å². The van der Waals surface area contributed by atoms with E-state index < -0.39 is 5.96 Å². The number of nitrogens with one attached hydrogen (secondary N) is 2. The Hall–Kier alpha value is -2.68. The molecule has 0 aromatic rings. The summed E-state index contributed by atoms with van der Waals surface area (Å²) in [6.07, 6.45) is 0. The molecule has 0 aliphatic rings. The van der Waals surface area contributed by atoms with Crippen LogP contribution in [-0.4, -0.2) is 29.9 Å². The number of aliphatic imine (C=N–C) groups is 1. The van der Waals surface area contributed by atoms with Crippen LogP contribution in [0.1, 0.15) is 0 Å². The minimum Gasteiger partial charge on any atom is -0.369 e. The molecule has 0 aromatic carbocycles. The molecule has 0 aliphatic heterocycles. The van der Waals surface area contributed by atoms with Gasteiger partial charge in [-0.25, -0.2) is 5.43 Å². The quantitative estimate of drug-likeness (QED) is 0.0897. The third kappa shape index (κ3) is 5.54. The molecular weight excluding hydrogens is 202 g/mol. The van der Waals surface area contributed by atoms with Crippen molar-refractivity contribution in [1.29, 1.82) is 5.41 Å². The molecule has 0 atom stereocenters. The zero-order chi connectivity index (χ0) is 11.8. The number of nitrogens with zero attached hydrogens (tertiary/aromatic N) is 6. The van der Waals surface area contributed by atoms with Crippen LogP contribution in [0.2, 0.25) is 0 Å². The summed E-state index contributed by atoms with van der Waals surface area (Å²) in [6, 6.07) is 0. The van der Waals surface area contributed by atoms with Crippen molar-refractivity contribution >= 4 is 17.9 Å². The van der Waals surface area contributed by atoms with Crippen molar-refractivity contribution in [3.8, 4) is 0 Å². The largest absolute Gasteiger partial charge is 0.369 e. The van der Waals surface area contributed by atoms with E-state index in [0.29, 0.717) is 0 Å². The van der Waals surface area contributed by atoms with Gasteiger partial charge in [-0.15, -0.1) is 10.6 Å². The lowest BCUT2D eigenvalue weighted by atomic mass is 10.8. The van der Waals surface area contributed by atoms with Gasteiger partial charge in [0, 0.05) is 0 Å². The van der Waals surface area contributed by atoms with E-state index in [1.165, 1.54) is 7.05 Å². The number of azide groups is 1. The van der Waals surface area contributed by atoms with E-state index in [1.54, 1.807) is 0 Å². The van der Waals surface area contributed by atoms with E-state index in [1.807, 2.05) is 0 Å². The number of nitrogens with two attached hydrogens (primary N) is 3. The molecule has 11 nitrogen and oxygen atoms in total. The molecule has 0 saturated heterocycles. The normalized spacial score (nSPS) is 9.80. The molecule has 0 rings (SSSR count). The summed E-state index contributed by atoms with van der Waals surface area (Å²) in [7, 11) is 1.37. The van der Waals surface area contributed by atoms with Gasteiger partial charge in [0.1, 0.15) is 0 Å². The average molecular weight is 213 g/mol. The Kier molecular flexibility index (Phi) is 4.83. The van der Waals surface area contributed by atoms with Crippen molar-refractivity contribution in [2.24, 2.45) is 32.5 Å². The van der Waals surface area contributed by atoms with Gasteiger partial charge in [0.15, 0.2) is 0 Å². The topological polar surface area (TPSA) is 191 Å². The second kappa shape index (κ2) is 5.88. The van der Waals surface area contributed by atoms with Crippen LogP contribution in [-0.2, 0) is 0 Å². The summed E-state index contributed by atoms with van der Waals surface area (Å²) in [5.41, 5.74) is 25.5. The van der Waals surface area contributed by atoms with Crippen LogP contribution in [0.5, 0.6) is 0 Å². The predicted octanol–water partition coefficient (Wildman–Crippen LogP) is -1.83. The molecule has 11 heteroatoms. The highest BCUT2D eigenvalue weighted by Crippen LogP contribution is 1.87. The minimum atomic E-state index is -0.497. The lowest BCUT2D eigenvalue weighted by Crippen LogP contribution is -2.37. The van der Waals surface area contributed by atoms with Crippen molar-refractivity contribution in [3.05, 3.63) is 10.4 Å². The summed E-state index contributed by atoms with van der Waals surface area (Å²) in [5, 5.41) is 14.4. The van der Waals surface area contributed by atoms with Crippen molar-refractivity contribution in [2.45, 2.75) is 0 Å². The van der Waals surface area contributed by atoms with Crippen LogP contribution >= 0.6 is 0 Å². The van der Waals surface area contributed by atoms with Crippen LogP contribution in [0, 0.1) is 5.41 Å². The van der Waals surface area contributed by atoms with Gasteiger partial charge >= 0.3 is 5.96 Å². The van der Waals surface area contributed by atoms with Crippen LogP contribution in [0.4, 0.5) is 0 Å². The van der Waals surface area contributed by atoms with Gasteiger partial charge < -0.3 is 17.2 Å². The Bertz CT molecular complexity index is 328. The molecule has 0 aromatic heterocycles. The van der Waals surface area contributed by atoms with Gasteiger partial charge in [-0.05, 0) is 5.22 Å². The van der Waals surface area contributed by atoms with Crippen LogP contribution in [0.25, 0.3) is 10.4 Å². The fourth-order valence-corrected chi connectivity index (χ4v) is 0.501. The third-order valence-corrected chi connectivity index (χ3v) is 0.992. The third-order valence-electron chi connectivity index (χ3n) is 0.992. The molecule has 82 valence electrons. The van der Waals surface area contributed by atoms with Gasteiger partial charge in [-0.1, -0.05) is 0 Å². The van der Waals surface area contributed by atoms with E-state index in [2.05, 4.69) is 25.7 Å². The van der Waals surface area contributed by atoms with Gasteiger partial charge in [0.25, 0.3) is 0 Å². The summed E-state index contributed by atoms with van der Waals surface area (Å²) < 4.78 is 0. The number of rotatable bonds is 2. The maximum absolute atomic E-state index is 8.16. The van der Waals surface area contributed by atoms with Crippen LogP contribution < -0.4 is 22.6 Å². The molecule has 15 heavy (non-hydrogen) atoms. The van der Waals surface area contributed by atoms with Gasteiger partial charge in [0.05, 0.1) is 7.05 Å². The predicted molar refractivity (Wildman–Crippen MR) is 55.2 cm³/mol. The zero-order valence-electron chi connectivity index (χ0n) is 7.92. The summed E-state index contributed by atoms with van der Waals surface area (Å²) in [4.78, 5) is 5.98. The van der Waals surface area contributed by atoms with Crippen molar-refractivity contribution in [3.63, 3.8) is 0 Å². The molecule has 8 N–H and O–H groups in total. The second-order valence-electron chi connectivity index (χ2n) is 2.17. The highest BCUT2D eigenvalue weighted by atomic mass is 15.6. The monoisotopic (exact) mass is 213 g/mol. The molecule has 0 spiro atoms. The fraction of sp³-hybridized carbons (Fsp3) is 0.250. The highest BCUT2D eigenvalue weighted by Gasteiger charge is 2.08. The molecule has 0 unspecified atom stereocenters. The highest BCUT2D eigenvalue weighted by molar-refractivity contribution is 5.92. The smallest absolute Gasteiger partial charge is 0.321 e. The molecule has 0 bridgehead atoms. The lowest BCUT2D eigenvalue weighted by Gasteiger charge is -2.08. The summed E-state index contributed by atoms with van der Waals surface area (Å²) in [5.74, 6) is -0.836. The van der Waals surface area contributed by atoms with Gasteiger partial charge in [0.2, 0.25) is 11.9 Å². The van der Waals surface area contributed by atoms with Gasteiger partial charge in [-0.2, -0.15) is 14.9 Å². The van der Waals surface area contributed by atoms with Crippen molar-refractivity contribution in [2.75, 3.05) is 7.05 Å². The zero-order valence-corrected chi connectivity index (χ0v) is 7.92. The Morgan fingerprint density at radius 2 is 2.07 bits per heavy atom. The van der Waals surface area contributed by atoms with Crippen LogP contribution in [0.3, 0.4) is 0 Å². The number of hydrazone groups is 1. The molecule has 0 radical (unpaired) electrons. The maximum Gasteiger partial charge on any atom is 0.321 e. The van der Waals surface area contributed by atoms with E-state index in [4.69, 9.17) is 28.1 Å². The number of hydrogen-bond acceptors (Lipinski definition) is 3. The number of guanidine groups is 3.